The van der Waals surface area contributed by atoms with Gasteiger partial charge in [-0.1, -0.05) is 6.07 Å². The summed E-state index contributed by atoms with van der Waals surface area (Å²) >= 11 is 0. The van der Waals surface area contributed by atoms with Crippen molar-refractivity contribution < 1.29 is 8.78 Å². The van der Waals surface area contributed by atoms with Gasteiger partial charge in [-0.05, 0) is 36.8 Å². The lowest BCUT2D eigenvalue weighted by molar-refractivity contribution is 0.585. The highest BCUT2D eigenvalue weighted by molar-refractivity contribution is 5.74. The van der Waals surface area contributed by atoms with Crippen molar-refractivity contribution >= 4 is 17.1 Å². The molecule has 0 heterocycles. The number of nitriles is 1. The minimum Gasteiger partial charge on any atom is -0.397 e. The van der Waals surface area contributed by atoms with Crippen LogP contribution in [-0.2, 0) is 0 Å². The first-order valence-corrected chi connectivity index (χ1v) is 5.54. The number of hydrogen-bond donors (Lipinski definition) is 2. The fraction of sp³-hybridized carbons (Fsp3) is 0.0714. The lowest BCUT2D eigenvalue weighted by Gasteiger charge is -2.12. The van der Waals surface area contributed by atoms with Gasteiger partial charge in [0.15, 0.2) is 5.82 Å². The summed E-state index contributed by atoms with van der Waals surface area (Å²) in [6, 6.07) is 8.94. The predicted molar refractivity (Wildman–Crippen MR) is 69.9 cm³/mol. The van der Waals surface area contributed by atoms with Crippen LogP contribution in [0.15, 0.2) is 30.3 Å². The minimum absolute atomic E-state index is 0.249. The summed E-state index contributed by atoms with van der Waals surface area (Å²) in [6.07, 6.45) is 0. The van der Waals surface area contributed by atoms with Crippen molar-refractivity contribution in [2.45, 2.75) is 6.92 Å². The Hall–Kier alpha value is -2.61. The van der Waals surface area contributed by atoms with Gasteiger partial charge in [-0.3, -0.25) is 0 Å². The summed E-state index contributed by atoms with van der Waals surface area (Å²) in [4.78, 5) is 0. The van der Waals surface area contributed by atoms with Crippen LogP contribution >= 0.6 is 0 Å². The van der Waals surface area contributed by atoms with Gasteiger partial charge in [0.25, 0.3) is 0 Å². The number of benzene rings is 2. The van der Waals surface area contributed by atoms with Crippen molar-refractivity contribution in [3.05, 3.63) is 53.1 Å². The lowest BCUT2D eigenvalue weighted by Crippen LogP contribution is -2.02. The third-order valence-corrected chi connectivity index (χ3v) is 2.72. The number of rotatable bonds is 2. The second kappa shape index (κ2) is 4.94. The van der Waals surface area contributed by atoms with Crippen LogP contribution < -0.4 is 11.1 Å². The van der Waals surface area contributed by atoms with E-state index in [1.165, 1.54) is 30.3 Å². The van der Waals surface area contributed by atoms with Crippen LogP contribution in [0, 0.1) is 29.9 Å². The fourth-order valence-electron chi connectivity index (χ4n) is 1.65. The average Bonchev–Trinajstić information content (AvgIpc) is 2.40. The van der Waals surface area contributed by atoms with E-state index in [9.17, 15) is 8.78 Å². The zero-order valence-corrected chi connectivity index (χ0v) is 10.2. The first-order valence-electron chi connectivity index (χ1n) is 5.54. The molecule has 96 valence electrons. The highest BCUT2D eigenvalue weighted by Gasteiger charge is 2.12. The average molecular weight is 259 g/mol. The molecule has 3 nitrogen and oxygen atoms in total. The monoisotopic (exact) mass is 259 g/mol. The Labute approximate surface area is 109 Å². The van der Waals surface area contributed by atoms with Gasteiger partial charge in [-0.15, -0.1) is 0 Å². The van der Waals surface area contributed by atoms with Crippen LogP contribution in [0.3, 0.4) is 0 Å². The van der Waals surface area contributed by atoms with Crippen LogP contribution in [0.1, 0.15) is 11.1 Å². The largest absolute Gasteiger partial charge is 0.397 e. The summed E-state index contributed by atoms with van der Waals surface area (Å²) in [5.41, 5.74) is 6.78. The van der Waals surface area contributed by atoms with Gasteiger partial charge in [0.1, 0.15) is 11.5 Å². The summed E-state index contributed by atoms with van der Waals surface area (Å²) in [5, 5.41) is 11.3. The van der Waals surface area contributed by atoms with Gasteiger partial charge in [0.05, 0.1) is 23.0 Å². The Kier molecular flexibility index (Phi) is 3.34. The molecule has 2 rings (SSSR count). The molecule has 3 N–H and O–H groups in total. The Bertz CT molecular complexity index is 675. The van der Waals surface area contributed by atoms with Gasteiger partial charge in [0, 0.05) is 0 Å². The molecule has 0 atom stereocenters. The zero-order chi connectivity index (χ0) is 14.0. The molecule has 0 spiro atoms. The third-order valence-electron chi connectivity index (χ3n) is 2.72. The molecule has 0 fully saturated rings. The number of aryl methyl sites for hydroxylation is 1. The molecule has 2 aromatic rings. The summed E-state index contributed by atoms with van der Waals surface area (Å²) in [5.74, 6) is -1.37. The number of halogens is 2. The SMILES string of the molecule is Cc1ccc(F)c(Nc2ccc(C#N)cc2N)c1F. The first kappa shape index (κ1) is 12.8. The molecule has 0 saturated carbocycles. The van der Waals surface area contributed by atoms with Gasteiger partial charge in [-0.2, -0.15) is 5.26 Å². The second-order valence-electron chi connectivity index (χ2n) is 4.09. The quantitative estimate of drug-likeness (QED) is 0.812. The number of anilines is 3. The van der Waals surface area contributed by atoms with Crippen molar-refractivity contribution in [2.24, 2.45) is 0 Å². The zero-order valence-electron chi connectivity index (χ0n) is 10.2. The highest BCUT2D eigenvalue weighted by Crippen LogP contribution is 2.28. The third kappa shape index (κ3) is 2.47. The van der Waals surface area contributed by atoms with E-state index in [2.05, 4.69) is 5.32 Å². The Morgan fingerprint density at radius 2 is 1.95 bits per heavy atom. The topological polar surface area (TPSA) is 61.8 Å². The predicted octanol–water partition coefficient (Wildman–Crippen LogP) is 3.47. The number of nitrogens with one attached hydrogen (secondary N) is 1. The van der Waals surface area contributed by atoms with E-state index in [0.29, 0.717) is 16.8 Å². The molecule has 0 aliphatic carbocycles. The second-order valence-corrected chi connectivity index (χ2v) is 4.09. The molecule has 0 radical (unpaired) electrons. The van der Waals surface area contributed by atoms with Gasteiger partial charge >= 0.3 is 0 Å². The first-order chi connectivity index (χ1) is 9.02. The summed E-state index contributed by atoms with van der Waals surface area (Å²) < 4.78 is 27.4. The van der Waals surface area contributed by atoms with Crippen molar-refractivity contribution in [1.82, 2.24) is 0 Å². The normalized spacial score (nSPS) is 10.0. The van der Waals surface area contributed by atoms with Gasteiger partial charge in [0.2, 0.25) is 0 Å². The maximum Gasteiger partial charge on any atom is 0.152 e. The molecule has 0 amide bonds. The van der Waals surface area contributed by atoms with Crippen molar-refractivity contribution in [3.8, 4) is 6.07 Å². The van der Waals surface area contributed by atoms with E-state index >= 15 is 0 Å². The molecule has 19 heavy (non-hydrogen) atoms. The van der Waals surface area contributed by atoms with E-state index in [0.717, 1.165) is 0 Å². The number of hydrogen-bond acceptors (Lipinski definition) is 3. The molecule has 0 bridgehead atoms. The van der Waals surface area contributed by atoms with Crippen LogP contribution in [0.4, 0.5) is 25.8 Å². The van der Waals surface area contributed by atoms with E-state index in [1.54, 1.807) is 6.92 Å². The Morgan fingerprint density at radius 1 is 1.21 bits per heavy atom. The highest BCUT2D eigenvalue weighted by atomic mass is 19.1. The van der Waals surface area contributed by atoms with E-state index in [4.69, 9.17) is 11.0 Å². The van der Waals surface area contributed by atoms with E-state index in [1.807, 2.05) is 6.07 Å². The molecule has 0 saturated heterocycles. The molecule has 2 aromatic carbocycles. The fourth-order valence-corrected chi connectivity index (χ4v) is 1.65. The summed E-state index contributed by atoms with van der Waals surface area (Å²) in [6.45, 7) is 1.54. The van der Waals surface area contributed by atoms with Crippen LogP contribution in [0.5, 0.6) is 0 Å². The molecule has 0 aliphatic heterocycles. The lowest BCUT2D eigenvalue weighted by atomic mass is 10.1. The van der Waals surface area contributed by atoms with Gasteiger partial charge in [-0.25, -0.2) is 8.78 Å². The van der Waals surface area contributed by atoms with E-state index in [-0.39, 0.29) is 11.4 Å². The molecule has 0 aliphatic rings. The molecule has 0 unspecified atom stereocenters. The smallest absolute Gasteiger partial charge is 0.152 e. The number of nitrogen functional groups attached to an aromatic ring is 1. The molecule has 5 heteroatoms. The van der Waals surface area contributed by atoms with Gasteiger partial charge < -0.3 is 11.1 Å². The van der Waals surface area contributed by atoms with Crippen LogP contribution in [-0.4, -0.2) is 0 Å². The molecular weight excluding hydrogens is 248 g/mol. The maximum absolute atomic E-state index is 13.8. The number of nitrogens with zero attached hydrogens (tertiary/aromatic N) is 1. The Balaban J connectivity index is 2.42. The standard InChI is InChI=1S/C14H11F2N3/c1-8-2-4-10(15)14(13(8)16)19-12-5-3-9(7-17)6-11(12)18/h2-6,19H,18H2,1H3. The van der Waals surface area contributed by atoms with Crippen LogP contribution in [0.2, 0.25) is 0 Å². The van der Waals surface area contributed by atoms with Crippen LogP contribution in [0.25, 0.3) is 0 Å². The summed E-state index contributed by atoms with van der Waals surface area (Å²) in [7, 11) is 0. The molecule has 0 aromatic heterocycles. The van der Waals surface area contributed by atoms with Crippen molar-refractivity contribution in [3.63, 3.8) is 0 Å². The van der Waals surface area contributed by atoms with E-state index < -0.39 is 11.6 Å². The number of nitrogens with two attached hydrogens (primary N) is 1. The molecular formula is C14H11F2N3. The maximum atomic E-state index is 13.8. The van der Waals surface area contributed by atoms with Crippen molar-refractivity contribution in [2.75, 3.05) is 11.1 Å². The minimum atomic E-state index is -0.702. The van der Waals surface area contributed by atoms with Crippen molar-refractivity contribution in [1.29, 1.82) is 5.26 Å². The Morgan fingerprint density at radius 3 is 2.58 bits per heavy atom.